The number of rotatable bonds is 12. The molecule has 0 bridgehead atoms. The summed E-state index contributed by atoms with van der Waals surface area (Å²) >= 11 is 0. The van der Waals surface area contributed by atoms with E-state index in [1.54, 1.807) is 6.08 Å². The van der Waals surface area contributed by atoms with Crippen LogP contribution in [0.3, 0.4) is 0 Å². The van der Waals surface area contributed by atoms with Crippen molar-refractivity contribution in [2.24, 2.45) is 0 Å². The zero-order valence-electron chi connectivity index (χ0n) is 22.9. The molecule has 6 heteroatoms. The molecule has 1 fully saturated rings. The van der Waals surface area contributed by atoms with Crippen molar-refractivity contribution in [3.63, 3.8) is 0 Å². The molecule has 0 spiro atoms. The van der Waals surface area contributed by atoms with Gasteiger partial charge in [-0.3, -0.25) is 0 Å². The van der Waals surface area contributed by atoms with Crippen LogP contribution in [-0.4, -0.2) is 54.1 Å². The van der Waals surface area contributed by atoms with Crippen LogP contribution in [0.1, 0.15) is 22.3 Å². The van der Waals surface area contributed by atoms with E-state index in [1.807, 2.05) is 121 Å². The SMILES string of the molecule is C=CCO[C@H]1[C@H](O)[C@@H](COC(c2ccccc2)(c2ccccc2)c2ccccc2)O[C@@H](O)[C@H]1OCc1ccccc1. The Morgan fingerprint density at radius 2 is 1.17 bits per heavy atom. The van der Waals surface area contributed by atoms with E-state index in [-0.39, 0.29) is 19.8 Å². The Balaban J connectivity index is 1.44. The number of hydrogen-bond donors (Lipinski definition) is 2. The van der Waals surface area contributed by atoms with E-state index < -0.39 is 36.3 Å². The van der Waals surface area contributed by atoms with Crippen molar-refractivity contribution < 1.29 is 29.2 Å². The van der Waals surface area contributed by atoms with Gasteiger partial charge >= 0.3 is 0 Å². The maximum Gasteiger partial charge on any atom is 0.184 e. The van der Waals surface area contributed by atoms with Gasteiger partial charge in [-0.25, -0.2) is 0 Å². The largest absolute Gasteiger partial charge is 0.387 e. The summed E-state index contributed by atoms with van der Waals surface area (Å²) in [7, 11) is 0. The Labute approximate surface area is 241 Å². The fraction of sp³-hybridized carbons (Fsp3) is 0.257. The zero-order chi connectivity index (χ0) is 28.5. The fourth-order valence-electron chi connectivity index (χ4n) is 5.34. The summed E-state index contributed by atoms with van der Waals surface area (Å²) in [5.74, 6) is 0. The third kappa shape index (κ3) is 6.49. The molecule has 0 aromatic heterocycles. The van der Waals surface area contributed by atoms with Gasteiger partial charge in [0.1, 0.15) is 30.0 Å². The van der Waals surface area contributed by atoms with Gasteiger partial charge in [0, 0.05) is 0 Å². The quantitative estimate of drug-likeness (QED) is 0.185. The highest BCUT2D eigenvalue weighted by Crippen LogP contribution is 2.41. The van der Waals surface area contributed by atoms with Gasteiger partial charge in [0.25, 0.3) is 0 Å². The van der Waals surface area contributed by atoms with Crippen LogP contribution in [0.2, 0.25) is 0 Å². The van der Waals surface area contributed by atoms with E-state index >= 15 is 0 Å². The minimum Gasteiger partial charge on any atom is -0.387 e. The Morgan fingerprint density at radius 1 is 0.683 bits per heavy atom. The molecular formula is C35H36O6. The highest BCUT2D eigenvalue weighted by molar-refractivity contribution is 5.47. The molecule has 0 saturated carbocycles. The molecule has 0 aliphatic carbocycles. The van der Waals surface area contributed by atoms with Crippen LogP contribution in [0.5, 0.6) is 0 Å². The average Bonchev–Trinajstić information content (AvgIpc) is 3.03. The molecule has 4 aromatic carbocycles. The Bertz CT molecular complexity index is 1240. The highest BCUT2D eigenvalue weighted by Gasteiger charge is 2.48. The topological polar surface area (TPSA) is 77.4 Å². The van der Waals surface area contributed by atoms with Gasteiger partial charge in [0.15, 0.2) is 6.29 Å². The lowest BCUT2D eigenvalue weighted by atomic mass is 9.80. The van der Waals surface area contributed by atoms with E-state index in [9.17, 15) is 10.2 Å². The summed E-state index contributed by atoms with van der Waals surface area (Å²) in [6, 6.07) is 39.5. The van der Waals surface area contributed by atoms with Gasteiger partial charge in [0.2, 0.25) is 0 Å². The van der Waals surface area contributed by atoms with Crippen LogP contribution in [-0.2, 0) is 31.2 Å². The van der Waals surface area contributed by atoms with Crippen molar-refractivity contribution in [1.29, 1.82) is 0 Å². The average molecular weight is 553 g/mol. The number of aliphatic hydroxyl groups excluding tert-OH is 2. The Kier molecular flexibility index (Phi) is 9.75. The zero-order valence-corrected chi connectivity index (χ0v) is 22.9. The normalized spacial score (nSPS) is 22.7. The van der Waals surface area contributed by atoms with Crippen molar-refractivity contribution in [2.45, 2.75) is 42.9 Å². The maximum atomic E-state index is 11.5. The van der Waals surface area contributed by atoms with Gasteiger partial charge in [-0.15, -0.1) is 6.58 Å². The first kappa shape index (κ1) is 28.9. The van der Waals surface area contributed by atoms with Crippen molar-refractivity contribution >= 4 is 0 Å². The second kappa shape index (κ2) is 13.8. The molecule has 1 aliphatic rings. The molecule has 0 radical (unpaired) electrons. The van der Waals surface area contributed by atoms with E-state index in [0.717, 1.165) is 22.3 Å². The van der Waals surface area contributed by atoms with E-state index in [1.165, 1.54) is 0 Å². The van der Waals surface area contributed by atoms with Crippen LogP contribution in [0.15, 0.2) is 134 Å². The summed E-state index contributed by atoms with van der Waals surface area (Å²) in [5.41, 5.74) is 2.70. The van der Waals surface area contributed by atoms with Crippen molar-refractivity contribution in [1.82, 2.24) is 0 Å². The van der Waals surface area contributed by atoms with E-state index in [0.29, 0.717) is 0 Å². The molecule has 41 heavy (non-hydrogen) atoms. The molecule has 0 amide bonds. The molecule has 2 N–H and O–H groups in total. The van der Waals surface area contributed by atoms with Crippen molar-refractivity contribution in [2.75, 3.05) is 13.2 Å². The minimum atomic E-state index is -1.34. The maximum absolute atomic E-state index is 11.5. The van der Waals surface area contributed by atoms with Gasteiger partial charge in [-0.05, 0) is 22.3 Å². The molecule has 5 atom stereocenters. The van der Waals surface area contributed by atoms with Crippen LogP contribution in [0.4, 0.5) is 0 Å². The lowest BCUT2D eigenvalue weighted by Crippen LogP contribution is -2.60. The molecule has 4 aromatic rings. The molecule has 6 nitrogen and oxygen atoms in total. The summed E-state index contributed by atoms with van der Waals surface area (Å²) < 4.78 is 24.8. The second-order valence-electron chi connectivity index (χ2n) is 9.99. The first-order valence-corrected chi connectivity index (χ1v) is 13.8. The summed E-state index contributed by atoms with van der Waals surface area (Å²) in [6.07, 6.45) is -3.56. The number of benzene rings is 4. The van der Waals surface area contributed by atoms with Crippen LogP contribution < -0.4 is 0 Å². The number of aliphatic hydroxyl groups is 2. The highest BCUT2D eigenvalue weighted by atomic mass is 16.7. The monoisotopic (exact) mass is 552 g/mol. The number of hydrogen-bond acceptors (Lipinski definition) is 6. The summed E-state index contributed by atoms with van der Waals surface area (Å²) in [4.78, 5) is 0. The lowest BCUT2D eigenvalue weighted by Gasteiger charge is -2.44. The minimum absolute atomic E-state index is 0.0315. The molecule has 5 rings (SSSR count). The molecule has 1 saturated heterocycles. The smallest absolute Gasteiger partial charge is 0.184 e. The van der Waals surface area contributed by atoms with E-state index in [4.69, 9.17) is 18.9 Å². The number of ether oxygens (including phenoxy) is 4. The fourth-order valence-corrected chi connectivity index (χ4v) is 5.34. The van der Waals surface area contributed by atoms with Crippen molar-refractivity contribution in [3.8, 4) is 0 Å². The van der Waals surface area contributed by atoms with Gasteiger partial charge in [-0.1, -0.05) is 127 Å². The first-order chi connectivity index (χ1) is 20.1. The Morgan fingerprint density at radius 3 is 1.66 bits per heavy atom. The molecular weight excluding hydrogens is 516 g/mol. The molecule has 0 unspecified atom stereocenters. The third-order valence-electron chi connectivity index (χ3n) is 7.33. The van der Waals surface area contributed by atoms with Crippen LogP contribution >= 0.6 is 0 Å². The summed E-state index contributed by atoms with van der Waals surface area (Å²) in [6.45, 7) is 4.10. The molecule has 212 valence electrons. The van der Waals surface area contributed by atoms with Crippen LogP contribution in [0, 0.1) is 0 Å². The van der Waals surface area contributed by atoms with Gasteiger partial charge < -0.3 is 29.2 Å². The predicted molar refractivity (Wildman–Crippen MR) is 157 cm³/mol. The van der Waals surface area contributed by atoms with Crippen molar-refractivity contribution in [3.05, 3.63) is 156 Å². The predicted octanol–water partition coefficient (Wildman–Crippen LogP) is 5.23. The molecule has 1 aliphatic heterocycles. The van der Waals surface area contributed by atoms with Gasteiger partial charge in [-0.2, -0.15) is 0 Å². The second-order valence-corrected chi connectivity index (χ2v) is 9.99. The lowest BCUT2D eigenvalue weighted by molar-refractivity contribution is -0.308. The van der Waals surface area contributed by atoms with Crippen LogP contribution in [0.25, 0.3) is 0 Å². The first-order valence-electron chi connectivity index (χ1n) is 13.8. The van der Waals surface area contributed by atoms with E-state index in [2.05, 4.69) is 6.58 Å². The van der Waals surface area contributed by atoms with Gasteiger partial charge in [0.05, 0.1) is 19.8 Å². The standard InChI is InChI=1S/C35H36O6/c1-2-23-38-32-31(36)30(41-34(37)33(32)39-24-26-15-7-3-8-16-26)25-40-35(27-17-9-4-10-18-27,28-19-11-5-12-20-28)29-21-13-6-14-22-29/h2-22,30-34,36-37H,1,23-25H2/t30-,31-,32+,33+,34-/m1/s1. The molecule has 1 heterocycles. The Hall–Kier alpha value is -3.62. The summed E-state index contributed by atoms with van der Waals surface area (Å²) in [5, 5.41) is 22.6. The third-order valence-corrected chi connectivity index (χ3v) is 7.33.